The quantitative estimate of drug-likeness (QED) is 0.230. The van der Waals surface area contributed by atoms with Crippen LogP contribution in [0.1, 0.15) is 145 Å². The molecule has 6 aliphatic carbocycles. The minimum absolute atomic E-state index is 0.0779. The Morgan fingerprint density at radius 1 is 0.685 bits per heavy atom. The van der Waals surface area contributed by atoms with Crippen molar-refractivity contribution in [2.45, 2.75) is 212 Å². The Balaban J connectivity index is 0.826. The molecule has 5 saturated carbocycles. The lowest BCUT2D eigenvalue weighted by atomic mass is 9.43. The van der Waals surface area contributed by atoms with E-state index in [0.29, 0.717) is 60.7 Å². The fourth-order valence-electron chi connectivity index (χ4n) is 14.0. The van der Waals surface area contributed by atoms with Gasteiger partial charge in [0.2, 0.25) is 0 Å². The first-order valence-corrected chi connectivity index (χ1v) is 22.2. The number of carbonyl (C=O) groups excluding carboxylic acids is 1. The lowest BCUT2D eigenvalue weighted by molar-refractivity contribution is -0.323. The second-order valence-electron chi connectivity index (χ2n) is 20.4. The Labute approximate surface area is 324 Å². The molecule has 0 amide bonds. The van der Waals surface area contributed by atoms with Crippen molar-refractivity contribution in [1.82, 2.24) is 0 Å². The van der Waals surface area contributed by atoms with E-state index in [9.17, 15) is 20.1 Å². The second kappa shape index (κ2) is 15.0. The van der Waals surface area contributed by atoms with E-state index in [4.69, 9.17) is 23.7 Å². The Kier molecular flexibility index (Phi) is 11.1. The molecule has 9 nitrogen and oxygen atoms in total. The Hall–Kier alpha value is -0.910. The summed E-state index contributed by atoms with van der Waals surface area (Å²) in [6.07, 6.45) is 11.2. The zero-order valence-electron chi connectivity index (χ0n) is 34.3. The normalized spacial score (nSPS) is 55.1. The Morgan fingerprint density at radius 3 is 1.96 bits per heavy atom. The number of ketones is 1. The van der Waals surface area contributed by atoms with E-state index in [1.165, 1.54) is 5.57 Å². The van der Waals surface area contributed by atoms with Crippen LogP contribution in [0.25, 0.3) is 0 Å². The van der Waals surface area contributed by atoms with Gasteiger partial charge in [0.25, 0.3) is 0 Å². The molecule has 2 aliphatic heterocycles. The summed E-state index contributed by atoms with van der Waals surface area (Å²) in [7, 11) is 0. The molecule has 0 aromatic rings. The number of aliphatic hydroxyl groups is 3. The zero-order valence-corrected chi connectivity index (χ0v) is 34.3. The number of allylic oxidation sites excluding steroid dienone is 2. The van der Waals surface area contributed by atoms with E-state index < -0.39 is 48.7 Å². The van der Waals surface area contributed by atoms with Crippen molar-refractivity contribution in [3.8, 4) is 0 Å². The van der Waals surface area contributed by atoms with Crippen LogP contribution in [0.4, 0.5) is 0 Å². The van der Waals surface area contributed by atoms with Crippen LogP contribution < -0.4 is 0 Å². The van der Waals surface area contributed by atoms with Gasteiger partial charge in [0, 0.05) is 24.7 Å². The molecule has 9 heteroatoms. The van der Waals surface area contributed by atoms with E-state index >= 15 is 0 Å². The predicted molar refractivity (Wildman–Crippen MR) is 204 cm³/mol. The van der Waals surface area contributed by atoms with Crippen molar-refractivity contribution in [2.75, 3.05) is 0 Å². The molecule has 8 rings (SSSR count). The topological polar surface area (TPSA) is 124 Å². The van der Waals surface area contributed by atoms with Gasteiger partial charge in [0.1, 0.15) is 12.2 Å². The fourth-order valence-corrected chi connectivity index (χ4v) is 14.0. The van der Waals surface area contributed by atoms with E-state index in [-0.39, 0.29) is 34.9 Å². The van der Waals surface area contributed by atoms with Gasteiger partial charge < -0.3 is 39.0 Å². The van der Waals surface area contributed by atoms with Gasteiger partial charge in [-0.1, -0.05) is 40.2 Å². The van der Waals surface area contributed by atoms with Gasteiger partial charge in [-0.05, 0) is 144 Å². The molecule has 3 N–H and O–H groups in total. The Bertz CT molecular complexity index is 1370. The molecule has 0 aromatic carbocycles. The summed E-state index contributed by atoms with van der Waals surface area (Å²) < 4.78 is 32.1. The van der Waals surface area contributed by atoms with Crippen LogP contribution in [0.2, 0.25) is 0 Å². The number of carbonyl (C=O) groups is 1. The molecular formula is C45H72O9. The van der Waals surface area contributed by atoms with Crippen LogP contribution in [0.3, 0.4) is 0 Å². The van der Waals surface area contributed by atoms with Crippen molar-refractivity contribution in [3.05, 3.63) is 11.6 Å². The fraction of sp³-hybridized carbons (Fsp3) is 0.933. The highest BCUT2D eigenvalue weighted by Gasteiger charge is 2.67. The summed E-state index contributed by atoms with van der Waals surface area (Å²) >= 11 is 0. The van der Waals surface area contributed by atoms with Crippen LogP contribution in [-0.4, -0.2) is 88.1 Å². The van der Waals surface area contributed by atoms with Crippen LogP contribution in [0, 0.1) is 52.3 Å². The molecular weight excluding hydrogens is 684 g/mol. The minimum atomic E-state index is -0.772. The molecule has 8 aliphatic rings. The van der Waals surface area contributed by atoms with E-state index in [0.717, 1.165) is 77.0 Å². The van der Waals surface area contributed by atoms with E-state index in [1.54, 1.807) is 0 Å². The first-order valence-electron chi connectivity index (χ1n) is 22.2. The van der Waals surface area contributed by atoms with Gasteiger partial charge in [-0.2, -0.15) is 0 Å². The van der Waals surface area contributed by atoms with Crippen molar-refractivity contribution in [1.29, 1.82) is 0 Å². The monoisotopic (exact) mass is 757 g/mol. The number of hydrogen-bond acceptors (Lipinski definition) is 9. The molecule has 54 heavy (non-hydrogen) atoms. The molecule has 18 atom stereocenters. The SMILES string of the molecule is C[C@H]1O[C@@H](O[C@H]2CC[C@]3(C)C4CC[C@]5(C)[C@@H](C6=CC(=O)CC6)CC[C@]5(O)C4CC[C@@H]3C2)C[C@H](O)[C@@H]1O[C@H]1C[C@H](O)[C@H](O[C@H]2C[C@H](C)[C@@H](C)[C@@H](C)C2)[C@@H](C)O1. The van der Waals surface area contributed by atoms with Crippen molar-refractivity contribution >= 4 is 5.78 Å². The maximum Gasteiger partial charge on any atom is 0.161 e. The maximum atomic E-state index is 12.6. The molecule has 7 fully saturated rings. The smallest absolute Gasteiger partial charge is 0.161 e. The van der Waals surface area contributed by atoms with Crippen LogP contribution in [-0.2, 0) is 28.5 Å². The lowest BCUT2D eigenvalue weighted by Crippen LogP contribution is -2.62. The summed E-state index contributed by atoms with van der Waals surface area (Å²) in [6, 6.07) is 0. The minimum Gasteiger partial charge on any atom is -0.390 e. The number of aliphatic hydroxyl groups excluding tert-OH is 2. The molecule has 0 radical (unpaired) electrons. The summed E-state index contributed by atoms with van der Waals surface area (Å²) in [5.41, 5.74) is 0.682. The van der Waals surface area contributed by atoms with Crippen molar-refractivity contribution in [2.24, 2.45) is 52.3 Å². The van der Waals surface area contributed by atoms with Gasteiger partial charge in [0.05, 0.1) is 42.2 Å². The predicted octanol–water partition coefficient (Wildman–Crippen LogP) is 7.27. The summed E-state index contributed by atoms with van der Waals surface area (Å²) in [4.78, 5) is 12.2. The highest BCUT2D eigenvalue weighted by molar-refractivity contribution is 5.93. The third-order valence-electron chi connectivity index (χ3n) is 17.6. The highest BCUT2D eigenvalue weighted by Crippen LogP contribution is 2.70. The third kappa shape index (κ3) is 6.92. The first-order chi connectivity index (χ1) is 25.6. The Morgan fingerprint density at radius 2 is 1.33 bits per heavy atom. The second-order valence-corrected chi connectivity index (χ2v) is 20.4. The molecule has 2 heterocycles. The lowest BCUT2D eigenvalue weighted by Gasteiger charge is -2.64. The molecule has 0 aromatic heterocycles. The summed E-state index contributed by atoms with van der Waals surface area (Å²) in [5.74, 6) is 3.81. The number of fused-ring (bicyclic) bond motifs is 5. The molecule has 2 saturated heterocycles. The highest BCUT2D eigenvalue weighted by atomic mass is 16.7. The molecule has 2 unspecified atom stereocenters. The maximum absolute atomic E-state index is 12.6. The largest absolute Gasteiger partial charge is 0.390 e. The third-order valence-corrected chi connectivity index (χ3v) is 17.6. The van der Waals surface area contributed by atoms with Gasteiger partial charge in [0.15, 0.2) is 18.4 Å². The van der Waals surface area contributed by atoms with Crippen LogP contribution >= 0.6 is 0 Å². The average molecular weight is 757 g/mol. The van der Waals surface area contributed by atoms with E-state index in [2.05, 4.69) is 34.6 Å². The van der Waals surface area contributed by atoms with Gasteiger partial charge >= 0.3 is 0 Å². The van der Waals surface area contributed by atoms with Crippen molar-refractivity contribution < 1.29 is 43.8 Å². The number of rotatable bonds is 7. The zero-order chi connectivity index (χ0) is 38.3. The first kappa shape index (κ1) is 39.9. The number of ether oxygens (including phenoxy) is 5. The van der Waals surface area contributed by atoms with Gasteiger partial charge in [-0.3, -0.25) is 4.79 Å². The number of hydrogen-bond donors (Lipinski definition) is 3. The van der Waals surface area contributed by atoms with Gasteiger partial charge in [-0.25, -0.2) is 0 Å². The summed E-state index contributed by atoms with van der Waals surface area (Å²) in [6.45, 7) is 15.6. The molecule has 0 bridgehead atoms. The van der Waals surface area contributed by atoms with E-state index in [1.807, 2.05) is 19.9 Å². The standard InChI is InChI=1S/C45H72O9/c1-24-18-33(19-25(2)26(24)3)53-41-27(4)51-40(23-37(41)47)54-42-28(5)50-39(22-38(42)48)52-32-12-15-43(6)30(21-32)9-11-36-35(43)13-16-44(7)34(14-17-45(36,44)49)29-8-10-31(46)20-29/h20,24-28,30,32-42,47-49H,8-19,21-23H2,1-7H3/t24-,25-,26-,27+,28+,30+,32-,33+,34+,35?,36?,37-,38-,39-,40-,41+,42+,43-,44+,45-/m0/s1. The molecule has 306 valence electrons. The average Bonchev–Trinajstić information content (AvgIpc) is 3.66. The van der Waals surface area contributed by atoms with Crippen molar-refractivity contribution in [3.63, 3.8) is 0 Å². The van der Waals surface area contributed by atoms with Crippen LogP contribution in [0.5, 0.6) is 0 Å². The summed E-state index contributed by atoms with van der Waals surface area (Å²) in [5, 5.41) is 35.1. The van der Waals surface area contributed by atoms with Gasteiger partial charge in [-0.15, -0.1) is 0 Å². The molecule has 0 spiro atoms. The van der Waals surface area contributed by atoms with Crippen LogP contribution in [0.15, 0.2) is 11.6 Å².